The number of fused-ring (bicyclic) bond motifs is 1. The van der Waals surface area contributed by atoms with Crippen LogP contribution in [0.2, 0.25) is 0 Å². The molecule has 5 rings (SSSR count). The first kappa shape index (κ1) is 33.7. The van der Waals surface area contributed by atoms with Crippen molar-refractivity contribution in [1.29, 1.82) is 0 Å². The second kappa shape index (κ2) is 15.3. The molecule has 10 heteroatoms. The Bertz CT molecular complexity index is 1610. The lowest BCUT2D eigenvalue weighted by atomic mass is 10.0. The molecule has 0 aromatic heterocycles. The third-order valence-corrected chi connectivity index (χ3v) is 9.33. The molecular weight excluding hydrogens is 602 g/mol. The third kappa shape index (κ3) is 8.76. The molecule has 2 heterocycles. The lowest BCUT2D eigenvalue weighted by Gasteiger charge is -2.31. The van der Waals surface area contributed by atoms with Gasteiger partial charge in [0.15, 0.2) is 0 Å². The molecule has 0 bridgehead atoms. The molecule has 46 heavy (non-hydrogen) atoms. The van der Waals surface area contributed by atoms with E-state index in [2.05, 4.69) is 17.3 Å². The first-order chi connectivity index (χ1) is 22.1. The summed E-state index contributed by atoms with van der Waals surface area (Å²) < 4.78 is 43.8. The predicted molar refractivity (Wildman–Crippen MR) is 184 cm³/mol. The van der Waals surface area contributed by atoms with E-state index in [0.717, 1.165) is 76.9 Å². The minimum absolute atomic E-state index is 0.166. The second-order valence-electron chi connectivity index (χ2n) is 12.2. The molecule has 0 aliphatic carbocycles. The van der Waals surface area contributed by atoms with Gasteiger partial charge in [-0.2, -0.15) is 0 Å². The van der Waals surface area contributed by atoms with E-state index in [1.54, 1.807) is 12.1 Å². The monoisotopic (exact) mass is 647 g/mol. The van der Waals surface area contributed by atoms with Gasteiger partial charge in [-0.3, -0.25) is 9.69 Å². The molecule has 2 aliphatic heterocycles. The first-order valence-corrected chi connectivity index (χ1v) is 17.8. The molecule has 0 atom stereocenters. The fourth-order valence-corrected chi connectivity index (χ4v) is 6.76. The van der Waals surface area contributed by atoms with Crippen molar-refractivity contribution in [2.45, 2.75) is 51.8 Å². The van der Waals surface area contributed by atoms with Crippen LogP contribution in [0.3, 0.4) is 0 Å². The topological polar surface area (TPSA) is 97.4 Å². The molecular formula is C36H45N3O6S. The van der Waals surface area contributed by atoms with Crippen molar-refractivity contribution in [3.8, 4) is 16.9 Å². The quantitative estimate of drug-likeness (QED) is 0.241. The Morgan fingerprint density at radius 3 is 2.35 bits per heavy atom. The maximum absolute atomic E-state index is 13.9. The van der Waals surface area contributed by atoms with E-state index in [1.807, 2.05) is 74.5 Å². The molecule has 2 aliphatic rings. The number of hydrogen-bond acceptors (Lipinski definition) is 8. The summed E-state index contributed by atoms with van der Waals surface area (Å²) in [4.78, 5) is 16.2. The first-order valence-electron chi connectivity index (χ1n) is 15.9. The van der Waals surface area contributed by atoms with Gasteiger partial charge in [0.1, 0.15) is 12.4 Å². The fourth-order valence-electron chi connectivity index (χ4n) is 5.84. The van der Waals surface area contributed by atoms with Crippen molar-refractivity contribution in [3.05, 3.63) is 83.4 Å². The van der Waals surface area contributed by atoms with Crippen molar-refractivity contribution in [3.63, 3.8) is 0 Å². The highest BCUT2D eigenvalue weighted by Gasteiger charge is 2.29. The average Bonchev–Trinajstić information content (AvgIpc) is 3.26. The van der Waals surface area contributed by atoms with E-state index in [9.17, 15) is 13.2 Å². The molecule has 1 amide bonds. The number of rotatable bonds is 12. The van der Waals surface area contributed by atoms with Crippen LogP contribution in [-0.4, -0.2) is 77.6 Å². The van der Waals surface area contributed by atoms with E-state index in [-0.39, 0.29) is 6.10 Å². The Morgan fingerprint density at radius 2 is 1.67 bits per heavy atom. The van der Waals surface area contributed by atoms with E-state index in [0.29, 0.717) is 43.5 Å². The maximum Gasteiger partial charge on any atom is 0.268 e. The minimum atomic E-state index is -3.90. The number of carbonyl (C=O) groups excluding carboxylic acids is 1. The predicted octanol–water partition coefficient (Wildman–Crippen LogP) is 5.96. The van der Waals surface area contributed by atoms with Gasteiger partial charge in [-0.1, -0.05) is 30.3 Å². The van der Waals surface area contributed by atoms with Crippen LogP contribution in [0.15, 0.2) is 72.3 Å². The summed E-state index contributed by atoms with van der Waals surface area (Å²) in [5, 5.41) is 3.39. The number of ether oxygens (including phenoxy) is 3. The number of nitrogens with one attached hydrogen (secondary N) is 1. The van der Waals surface area contributed by atoms with Gasteiger partial charge in [-0.25, -0.2) is 12.7 Å². The summed E-state index contributed by atoms with van der Waals surface area (Å²) in [6.07, 6.45) is 5.42. The minimum Gasteiger partial charge on any atom is -0.491 e. The fraction of sp³-hybridized carbons (Fsp3) is 0.417. The summed E-state index contributed by atoms with van der Waals surface area (Å²) >= 11 is 0. The van der Waals surface area contributed by atoms with Gasteiger partial charge in [-0.05, 0) is 105 Å². The van der Waals surface area contributed by atoms with Crippen molar-refractivity contribution >= 4 is 33.4 Å². The molecule has 1 saturated heterocycles. The molecule has 246 valence electrons. The highest BCUT2D eigenvalue weighted by Crippen LogP contribution is 2.32. The van der Waals surface area contributed by atoms with Gasteiger partial charge >= 0.3 is 0 Å². The number of sulfonamides is 1. The highest BCUT2D eigenvalue weighted by molar-refractivity contribution is 7.92. The second-order valence-corrected chi connectivity index (χ2v) is 14.0. The smallest absolute Gasteiger partial charge is 0.268 e. The van der Waals surface area contributed by atoms with Gasteiger partial charge in [0.2, 0.25) is 10.0 Å². The molecule has 0 unspecified atom stereocenters. The highest BCUT2D eigenvalue weighted by atomic mass is 32.2. The zero-order valence-corrected chi connectivity index (χ0v) is 28.0. The molecule has 1 fully saturated rings. The lowest BCUT2D eigenvalue weighted by Crippen LogP contribution is -2.37. The van der Waals surface area contributed by atoms with Crippen LogP contribution in [0.5, 0.6) is 5.75 Å². The van der Waals surface area contributed by atoms with Crippen LogP contribution in [0, 0.1) is 0 Å². The van der Waals surface area contributed by atoms with Crippen LogP contribution in [-0.2, 0) is 30.8 Å². The third-order valence-electron chi connectivity index (χ3n) is 8.29. The summed E-state index contributed by atoms with van der Waals surface area (Å²) in [5.41, 5.74) is 5.49. The molecule has 0 spiro atoms. The van der Waals surface area contributed by atoms with Gasteiger partial charge < -0.3 is 19.5 Å². The Kier molecular flexibility index (Phi) is 11.2. The number of carbonyl (C=O) groups is 1. The lowest BCUT2D eigenvalue weighted by molar-refractivity contribution is -0.114. The van der Waals surface area contributed by atoms with E-state index in [4.69, 9.17) is 14.2 Å². The normalized spacial score (nSPS) is 15.6. The van der Waals surface area contributed by atoms with Crippen LogP contribution in [0.4, 0.5) is 11.4 Å². The SMILES string of the molecule is CC(C)OCCOc1ccc(-c2ccc3c(c2)C=C(C(=O)N(c2ccc(CN(C)C4CCOCC4)cc2)S(C)(=O)=O)CCN3)cc1. The van der Waals surface area contributed by atoms with Gasteiger partial charge in [-0.15, -0.1) is 0 Å². The Labute approximate surface area is 273 Å². The van der Waals surface area contributed by atoms with Gasteiger partial charge in [0, 0.05) is 43.6 Å². The zero-order valence-electron chi connectivity index (χ0n) is 27.2. The van der Waals surface area contributed by atoms with Crippen LogP contribution < -0.4 is 14.4 Å². The Hall–Kier alpha value is -3.70. The van der Waals surface area contributed by atoms with Crippen LogP contribution >= 0.6 is 0 Å². The summed E-state index contributed by atoms with van der Waals surface area (Å²) in [6, 6.07) is 21.6. The van der Waals surface area contributed by atoms with Crippen LogP contribution in [0.25, 0.3) is 17.2 Å². The molecule has 0 saturated carbocycles. The van der Waals surface area contributed by atoms with E-state index >= 15 is 0 Å². The number of amides is 1. The standard InChI is InChI=1S/C36H45N3O6S/c1-26(2)44-21-22-45-34-12-7-28(8-13-34)29-9-14-35-31(23-29)24-30(15-18-37-35)36(40)39(46(4,41)42)33-10-5-27(6-11-33)25-38(3)32-16-19-43-20-17-32/h5-14,23-24,26,32,37H,15-22,25H2,1-4H3. The maximum atomic E-state index is 13.9. The molecule has 1 N–H and O–H groups in total. The Balaban J connectivity index is 1.33. The van der Waals surface area contributed by atoms with E-state index in [1.165, 1.54) is 0 Å². The number of benzene rings is 3. The average molecular weight is 648 g/mol. The number of nitrogens with zero attached hydrogens (tertiary/aromatic N) is 2. The molecule has 3 aromatic rings. The number of anilines is 2. The molecule has 0 radical (unpaired) electrons. The summed E-state index contributed by atoms with van der Waals surface area (Å²) in [7, 11) is -1.80. The molecule has 3 aromatic carbocycles. The van der Waals surface area contributed by atoms with Crippen molar-refractivity contribution in [1.82, 2.24) is 4.90 Å². The van der Waals surface area contributed by atoms with Gasteiger partial charge in [0.05, 0.1) is 24.7 Å². The number of hydrogen-bond donors (Lipinski definition) is 1. The van der Waals surface area contributed by atoms with E-state index < -0.39 is 15.9 Å². The van der Waals surface area contributed by atoms with Crippen molar-refractivity contribution < 1.29 is 27.4 Å². The van der Waals surface area contributed by atoms with Crippen LogP contribution in [0.1, 0.15) is 44.2 Å². The largest absolute Gasteiger partial charge is 0.491 e. The van der Waals surface area contributed by atoms with Gasteiger partial charge in [0.25, 0.3) is 5.91 Å². The summed E-state index contributed by atoms with van der Waals surface area (Å²) in [6.45, 7) is 7.78. The molecule has 9 nitrogen and oxygen atoms in total. The van der Waals surface area contributed by atoms with Crippen molar-refractivity contribution in [2.24, 2.45) is 0 Å². The van der Waals surface area contributed by atoms with Crippen molar-refractivity contribution in [2.75, 3.05) is 55.9 Å². The summed E-state index contributed by atoms with van der Waals surface area (Å²) in [5.74, 6) is 0.220. The zero-order chi connectivity index (χ0) is 32.7. The Morgan fingerprint density at radius 1 is 0.978 bits per heavy atom.